The van der Waals surface area contributed by atoms with Crippen LogP contribution < -0.4 is 10.6 Å². The molecule has 0 aliphatic heterocycles. The molecule has 0 atom stereocenters. The third kappa shape index (κ3) is 8.77. The summed E-state index contributed by atoms with van der Waals surface area (Å²) in [5.41, 5.74) is 1.26. The Bertz CT molecular complexity index is 797. The van der Waals surface area contributed by atoms with Gasteiger partial charge in [0.1, 0.15) is 5.60 Å². The third-order valence-corrected chi connectivity index (χ3v) is 4.86. The molecule has 1 aromatic rings. The second kappa shape index (κ2) is 11.7. The Morgan fingerprint density at radius 3 is 2.50 bits per heavy atom. The second-order valence-electron chi connectivity index (χ2n) is 9.24. The topological polar surface area (TPSA) is 86.3 Å². The predicted octanol–water partition coefficient (Wildman–Crippen LogP) is 2.89. The van der Waals surface area contributed by atoms with Crippen LogP contribution in [0.15, 0.2) is 29.3 Å². The molecule has 1 fully saturated rings. The number of aliphatic imine (C=N–C) groups is 1. The van der Waals surface area contributed by atoms with Gasteiger partial charge < -0.3 is 25.2 Å². The van der Waals surface area contributed by atoms with Gasteiger partial charge in [0.2, 0.25) is 0 Å². The van der Waals surface area contributed by atoms with Gasteiger partial charge in [0.05, 0.1) is 0 Å². The van der Waals surface area contributed by atoms with E-state index in [1.807, 2.05) is 56.9 Å². The molecule has 8 heteroatoms. The molecule has 0 bridgehead atoms. The first-order chi connectivity index (χ1) is 15.1. The highest BCUT2D eigenvalue weighted by Gasteiger charge is 2.34. The third-order valence-electron chi connectivity index (χ3n) is 4.86. The van der Waals surface area contributed by atoms with Crippen LogP contribution in [0.3, 0.4) is 0 Å². The lowest BCUT2D eigenvalue weighted by molar-refractivity contribution is 0.0237. The van der Waals surface area contributed by atoms with Crippen molar-refractivity contribution in [2.75, 3.05) is 40.3 Å². The van der Waals surface area contributed by atoms with E-state index in [0.717, 1.165) is 31.4 Å². The number of ether oxygens (including phenoxy) is 1. The van der Waals surface area contributed by atoms with Gasteiger partial charge in [-0.05, 0) is 64.7 Å². The number of rotatable bonds is 9. The van der Waals surface area contributed by atoms with E-state index in [4.69, 9.17) is 4.74 Å². The summed E-state index contributed by atoms with van der Waals surface area (Å²) >= 11 is 0. The van der Waals surface area contributed by atoms with Crippen molar-refractivity contribution in [3.63, 3.8) is 0 Å². The van der Waals surface area contributed by atoms with Crippen LogP contribution in [-0.4, -0.2) is 79.7 Å². The average molecular weight is 446 g/mol. The van der Waals surface area contributed by atoms with Crippen LogP contribution in [-0.2, 0) is 11.2 Å². The molecule has 8 nitrogen and oxygen atoms in total. The van der Waals surface area contributed by atoms with Gasteiger partial charge in [-0.15, -0.1) is 0 Å². The summed E-state index contributed by atoms with van der Waals surface area (Å²) < 4.78 is 5.55. The molecule has 0 unspecified atom stereocenters. The zero-order chi connectivity index (χ0) is 23.7. The van der Waals surface area contributed by atoms with Gasteiger partial charge in [0.25, 0.3) is 5.91 Å². The summed E-state index contributed by atoms with van der Waals surface area (Å²) in [7, 11) is 3.50. The number of nitrogens with one attached hydrogen (secondary N) is 2. The molecule has 1 saturated carbocycles. The Labute approximate surface area is 192 Å². The normalized spacial score (nSPS) is 14.0. The molecular weight excluding hydrogens is 406 g/mol. The van der Waals surface area contributed by atoms with E-state index in [2.05, 4.69) is 15.6 Å². The van der Waals surface area contributed by atoms with Crippen LogP contribution in [0.5, 0.6) is 0 Å². The minimum absolute atomic E-state index is 0.00411. The molecule has 1 aromatic carbocycles. The highest BCUT2D eigenvalue weighted by Crippen LogP contribution is 2.28. The minimum Gasteiger partial charge on any atom is -0.444 e. The van der Waals surface area contributed by atoms with E-state index in [1.54, 1.807) is 19.0 Å². The smallest absolute Gasteiger partial charge is 0.410 e. The summed E-state index contributed by atoms with van der Waals surface area (Å²) in [5.74, 6) is 0.712. The van der Waals surface area contributed by atoms with Crippen LogP contribution >= 0.6 is 0 Å². The number of hydrogen-bond donors (Lipinski definition) is 2. The van der Waals surface area contributed by atoms with Gasteiger partial charge in [-0.2, -0.15) is 0 Å². The van der Waals surface area contributed by atoms with Gasteiger partial charge in [0, 0.05) is 51.9 Å². The molecule has 2 amide bonds. The van der Waals surface area contributed by atoms with Crippen molar-refractivity contribution < 1.29 is 14.3 Å². The Kier molecular flexibility index (Phi) is 9.35. The van der Waals surface area contributed by atoms with Crippen LogP contribution in [0.25, 0.3) is 0 Å². The van der Waals surface area contributed by atoms with Crippen LogP contribution in [0.1, 0.15) is 56.5 Å². The second-order valence-corrected chi connectivity index (χ2v) is 9.24. The van der Waals surface area contributed by atoms with Gasteiger partial charge in [-0.25, -0.2) is 4.79 Å². The molecule has 2 N–H and O–H groups in total. The van der Waals surface area contributed by atoms with Crippen molar-refractivity contribution >= 4 is 18.0 Å². The molecule has 0 radical (unpaired) electrons. The van der Waals surface area contributed by atoms with Crippen molar-refractivity contribution in [1.29, 1.82) is 0 Å². The number of hydrogen-bond acceptors (Lipinski definition) is 4. The largest absolute Gasteiger partial charge is 0.444 e. The molecule has 0 heterocycles. The Balaban J connectivity index is 1.88. The van der Waals surface area contributed by atoms with E-state index in [-0.39, 0.29) is 18.0 Å². The zero-order valence-corrected chi connectivity index (χ0v) is 20.4. The van der Waals surface area contributed by atoms with E-state index < -0.39 is 5.60 Å². The number of benzene rings is 1. The molecule has 2 rings (SSSR count). The highest BCUT2D eigenvalue weighted by atomic mass is 16.6. The standard InChI is InChI=1S/C24H39N5O3/c1-7-25-22(26-14-13-18-9-8-10-19(17-18)21(30)28(5)6)27-15-16-29(20-11-12-20)23(31)32-24(2,3)4/h8-10,17,20H,7,11-16H2,1-6H3,(H2,25,26,27). The van der Waals surface area contributed by atoms with E-state index in [9.17, 15) is 9.59 Å². The summed E-state index contributed by atoms with van der Waals surface area (Å²) in [6, 6.07) is 7.95. The number of nitrogens with zero attached hydrogens (tertiary/aromatic N) is 3. The first kappa shape index (κ1) is 25.5. The highest BCUT2D eigenvalue weighted by molar-refractivity contribution is 5.94. The monoisotopic (exact) mass is 445 g/mol. The van der Waals surface area contributed by atoms with Crippen molar-refractivity contribution in [3.8, 4) is 0 Å². The maximum atomic E-state index is 12.5. The molecule has 32 heavy (non-hydrogen) atoms. The zero-order valence-electron chi connectivity index (χ0n) is 20.4. The molecule has 0 spiro atoms. The summed E-state index contributed by atoms with van der Waals surface area (Å²) in [6.07, 6.45) is 2.54. The van der Waals surface area contributed by atoms with Crippen molar-refractivity contribution in [2.45, 2.75) is 58.6 Å². The Morgan fingerprint density at radius 1 is 1.19 bits per heavy atom. The first-order valence-electron chi connectivity index (χ1n) is 11.4. The maximum absolute atomic E-state index is 12.5. The van der Waals surface area contributed by atoms with Gasteiger partial charge in [-0.3, -0.25) is 9.79 Å². The number of carbonyl (C=O) groups excluding carboxylic acids is 2. The predicted molar refractivity (Wildman–Crippen MR) is 128 cm³/mol. The van der Waals surface area contributed by atoms with E-state index >= 15 is 0 Å². The fourth-order valence-corrected chi connectivity index (χ4v) is 3.18. The molecular formula is C24H39N5O3. The molecule has 1 aliphatic carbocycles. The Morgan fingerprint density at radius 2 is 1.91 bits per heavy atom. The lowest BCUT2D eigenvalue weighted by Gasteiger charge is -2.27. The first-order valence-corrected chi connectivity index (χ1v) is 11.4. The van der Waals surface area contributed by atoms with Gasteiger partial charge in [-0.1, -0.05) is 12.1 Å². The van der Waals surface area contributed by atoms with Crippen molar-refractivity contribution in [1.82, 2.24) is 20.4 Å². The summed E-state index contributed by atoms with van der Waals surface area (Å²) in [6.45, 7) is 10.2. The maximum Gasteiger partial charge on any atom is 0.410 e. The summed E-state index contributed by atoms with van der Waals surface area (Å²) in [4.78, 5) is 32.7. The fourth-order valence-electron chi connectivity index (χ4n) is 3.18. The Hall–Kier alpha value is -2.77. The molecule has 0 aromatic heterocycles. The number of amides is 2. The SMILES string of the molecule is CCNC(=NCCc1cccc(C(=O)N(C)C)c1)NCCN(C(=O)OC(C)(C)C)C1CC1. The molecule has 178 valence electrons. The van der Waals surface area contributed by atoms with Crippen LogP contribution in [0.2, 0.25) is 0 Å². The average Bonchev–Trinajstić information content (AvgIpc) is 3.54. The quantitative estimate of drug-likeness (QED) is 0.451. The van der Waals surface area contributed by atoms with E-state index in [0.29, 0.717) is 31.2 Å². The van der Waals surface area contributed by atoms with Crippen molar-refractivity contribution in [3.05, 3.63) is 35.4 Å². The van der Waals surface area contributed by atoms with Crippen LogP contribution in [0.4, 0.5) is 4.79 Å². The van der Waals surface area contributed by atoms with Crippen molar-refractivity contribution in [2.24, 2.45) is 4.99 Å². The lowest BCUT2D eigenvalue weighted by Crippen LogP contribution is -2.45. The summed E-state index contributed by atoms with van der Waals surface area (Å²) in [5, 5.41) is 6.55. The van der Waals surface area contributed by atoms with Crippen LogP contribution in [0, 0.1) is 0 Å². The molecule has 0 saturated heterocycles. The van der Waals surface area contributed by atoms with Gasteiger partial charge in [0.15, 0.2) is 5.96 Å². The number of carbonyl (C=O) groups is 2. The fraction of sp³-hybridized carbons (Fsp3) is 0.625. The van der Waals surface area contributed by atoms with E-state index in [1.165, 1.54) is 0 Å². The lowest BCUT2D eigenvalue weighted by atomic mass is 10.1. The minimum atomic E-state index is -0.498. The van der Waals surface area contributed by atoms with Gasteiger partial charge >= 0.3 is 6.09 Å². The number of guanidine groups is 1. The molecule has 1 aliphatic rings.